The Morgan fingerprint density at radius 2 is 1.80 bits per heavy atom. The molecule has 0 bridgehead atoms. The first-order chi connectivity index (χ1) is 11.9. The van der Waals surface area contributed by atoms with E-state index >= 15 is 0 Å². The fraction of sp³-hybridized carbons (Fsp3) is 0.188. The molecule has 0 aliphatic heterocycles. The molecular weight excluding hydrogens is 337 g/mol. The molecule has 0 unspecified atom stereocenters. The predicted octanol–water partition coefficient (Wildman–Crippen LogP) is 3.53. The molecule has 0 saturated heterocycles. The minimum absolute atomic E-state index is 0.292. The van der Waals surface area contributed by atoms with Crippen molar-refractivity contribution in [3.8, 4) is 11.5 Å². The smallest absolute Gasteiger partial charge is 0.492 e. The van der Waals surface area contributed by atoms with Crippen LogP contribution in [0.4, 0.5) is 24.8 Å². The summed E-state index contributed by atoms with van der Waals surface area (Å²) in [6.45, 7) is 0.759. The third-order valence-corrected chi connectivity index (χ3v) is 3.23. The molecule has 25 heavy (non-hydrogen) atoms. The van der Waals surface area contributed by atoms with Gasteiger partial charge in [-0.25, -0.2) is 4.98 Å². The Morgan fingerprint density at radius 1 is 1.08 bits per heavy atom. The molecular formula is C16H15F3N4O2. The topological polar surface area (TPSA) is 85.2 Å². The number of fused-ring (bicyclic) bond motifs is 1. The number of anilines is 2. The third kappa shape index (κ3) is 4.69. The maximum atomic E-state index is 12.1. The number of H-pyrrole nitrogens is 1. The minimum Gasteiger partial charge on any atom is -0.492 e. The lowest BCUT2D eigenvalue weighted by Crippen LogP contribution is -2.17. The van der Waals surface area contributed by atoms with Crippen LogP contribution in [-0.2, 0) is 0 Å². The van der Waals surface area contributed by atoms with Crippen molar-refractivity contribution in [1.29, 1.82) is 0 Å². The van der Waals surface area contributed by atoms with Gasteiger partial charge in [0.25, 0.3) is 0 Å². The molecule has 9 heteroatoms. The van der Waals surface area contributed by atoms with Gasteiger partial charge in [-0.2, -0.15) is 0 Å². The number of rotatable bonds is 6. The van der Waals surface area contributed by atoms with E-state index in [1.807, 2.05) is 6.07 Å². The predicted molar refractivity (Wildman–Crippen MR) is 87.6 cm³/mol. The molecule has 0 aliphatic rings. The van der Waals surface area contributed by atoms with Gasteiger partial charge in [-0.3, -0.25) is 0 Å². The molecule has 0 saturated carbocycles. The SMILES string of the molecule is Nc1ccc2nc(NCCOc3ccc(OC(F)(F)F)cc3)[nH]c2c1. The monoisotopic (exact) mass is 352 g/mol. The summed E-state index contributed by atoms with van der Waals surface area (Å²) >= 11 is 0. The minimum atomic E-state index is -4.70. The number of aromatic amines is 1. The van der Waals surface area contributed by atoms with Crippen LogP contribution in [0.5, 0.6) is 11.5 Å². The Hall–Kier alpha value is -3.10. The van der Waals surface area contributed by atoms with Crippen LogP contribution in [0.3, 0.4) is 0 Å². The number of imidazole rings is 1. The average Bonchev–Trinajstić information content (AvgIpc) is 2.93. The highest BCUT2D eigenvalue weighted by Gasteiger charge is 2.30. The Kier molecular flexibility index (Phi) is 4.55. The van der Waals surface area contributed by atoms with Crippen molar-refractivity contribution in [3.05, 3.63) is 42.5 Å². The summed E-state index contributed by atoms with van der Waals surface area (Å²) in [5.74, 6) is 0.728. The molecule has 0 spiro atoms. The maximum absolute atomic E-state index is 12.1. The number of alkyl halides is 3. The molecule has 1 heterocycles. The summed E-state index contributed by atoms with van der Waals surface area (Å²) < 4.78 is 45.5. The van der Waals surface area contributed by atoms with Crippen molar-refractivity contribution in [3.63, 3.8) is 0 Å². The number of benzene rings is 2. The fourth-order valence-corrected chi connectivity index (χ4v) is 2.19. The molecule has 4 N–H and O–H groups in total. The Morgan fingerprint density at radius 3 is 2.52 bits per heavy atom. The van der Waals surface area contributed by atoms with Gasteiger partial charge in [-0.05, 0) is 42.5 Å². The van der Waals surface area contributed by atoms with Gasteiger partial charge in [0.15, 0.2) is 0 Å². The van der Waals surface area contributed by atoms with Gasteiger partial charge in [0.1, 0.15) is 18.1 Å². The van der Waals surface area contributed by atoms with Gasteiger partial charge >= 0.3 is 6.36 Å². The van der Waals surface area contributed by atoms with E-state index in [-0.39, 0.29) is 5.75 Å². The summed E-state index contributed by atoms with van der Waals surface area (Å²) in [5, 5.41) is 3.06. The number of nitrogen functional groups attached to an aromatic ring is 1. The number of nitrogens with zero attached hydrogens (tertiary/aromatic N) is 1. The molecule has 2 aromatic carbocycles. The fourth-order valence-electron chi connectivity index (χ4n) is 2.19. The molecule has 0 atom stereocenters. The van der Waals surface area contributed by atoms with Crippen molar-refractivity contribution in [2.24, 2.45) is 0 Å². The maximum Gasteiger partial charge on any atom is 0.573 e. The van der Waals surface area contributed by atoms with Crippen LogP contribution in [0.1, 0.15) is 0 Å². The molecule has 1 aromatic heterocycles. The first kappa shape index (κ1) is 16.7. The number of nitrogens with two attached hydrogens (primary N) is 1. The molecule has 0 radical (unpaired) electrons. The van der Waals surface area contributed by atoms with E-state index in [0.29, 0.717) is 30.5 Å². The molecule has 6 nitrogen and oxygen atoms in total. The average molecular weight is 352 g/mol. The standard InChI is InChI=1S/C16H15F3N4O2/c17-16(18,19)25-12-4-2-11(3-5-12)24-8-7-21-15-22-13-6-1-10(20)9-14(13)23-15/h1-6,9H,7-8,20H2,(H2,21,22,23). The summed E-state index contributed by atoms with van der Waals surface area (Å²) in [6.07, 6.45) is -4.70. The van der Waals surface area contributed by atoms with Crippen molar-refractivity contribution < 1.29 is 22.6 Å². The molecule has 132 valence electrons. The Labute approximate surface area is 140 Å². The quantitative estimate of drug-likeness (QED) is 0.467. The number of nitrogens with one attached hydrogen (secondary N) is 2. The lowest BCUT2D eigenvalue weighted by Gasteiger charge is -2.10. The first-order valence-electron chi connectivity index (χ1n) is 7.37. The number of aromatic nitrogens is 2. The Bertz CT molecular complexity index is 847. The highest BCUT2D eigenvalue weighted by atomic mass is 19.4. The van der Waals surface area contributed by atoms with Crippen LogP contribution in [0, 0.1) is 0 Å². The van der Waals surface area contributed by atoms with Crippen molar-refractivity contribution in [2.75, 3.05) is 24.2 Å². The molecule has 0 amide bonds. The van der Waals surface area contributed by atoms with Gasteiger partial charge in [-0.1, -0.05) is 0 Å². The largest absolute Gasteiger partial charge is 0.573 e. The highest BCUT2D eigenvalue weighted by molar-refractivity contribution is 5.80. The zero-order valence-corrected chi connectivity index (χ0v) is 12.9. The lowest BCUT2D eigenvalue weighted by molar-refractivity contribution is -0.274. The number of ether oxygens (including phenoxy) is 2. The molecule has 3 aromatic rings. The lowest BCUT2D eigenvalue weighted by atomic mass is 10.3. The van der Waals surface area contributed by atoms with E-state index < -0.39 is 6.36 Å². The van der Waals surface area contributed by atoms with Gasteiger partial charge in [0.05, 0.1) is 17.6 Å². The van der Waals surface area contributed by atoms with E-state index in [9.17, 15) is 13.2 Å². The van der Waals surface area contributed by atoms with Crippen LogP contribution in [0.25, 0.3) is 11.0 Å². The normalized spacial score (nSPS) is 11.5. The zero-order valence-electron chi connectivity index (χ0n) is 12.9. The van der Waals surface area contributed by atoms with E-state index in [0.717, 1.165) is 11.0 Å². The molecule has 0 aliphatic carbocycles. The van der Waals surface area contributed by atoms with Crippen molar-refractivity contribution >= 4 is 22.7 Å². The van der Waals surface area contributed by atoms with Gasteiger partial charge < -0.3 is 25.5 Å². The summed E-state index contributed by atoms with van der Waals surface area (Å²) in [5.41, 5.74) is 7.96. The van der Waals surface area contributed by atoms with Crippen LogP contribution in [0.2, 0.25) is 0 Å². The molecule has 0 fully saturated rings. The highest BCUT2D eigenvalue weighted by Crippen LogP contribution is 2.24. The second kappa shape index (κ2) is 6.80. The summed E-state index contributed by atoms with van der Waals surface area (Å²) in [6, 6.07) is 10.6. The number of halogens is 3. The van der Waals surface area contributed by atoms with E-state index in [1.165, 1.54) is 24.3 Å². The summed E-state index contributed by atoms with van der Waals surface area (Å²) in [7, 11) is 0. The molecule has 3 rings (SSSR count). The van der Waals surface area contributed by atoms with Crippen LogP contribution in [0.15, 0.2) is 42.5 Å². The third-order valence-electron chi connectivity index (χ3n) is 3.23. The number of hydrogen-bond acceptors (Lipinski definition) is 5. The van der Waals surface area contributed by atoms with Crippen LogP contribution < -0.4 is 20.5 Å². The zero-order chi connectivity index (χ0) is 17.9. The van der Waals surface area contributed by atoms with Gasteiger partial charge in [-0.15, -0.1) is 13.2 Å². The van der Waals surface area contributed by atoms with Crippen LogP contribution in [-0.4, -0.2) is 29.5 Å². The second-order valence-corrected chi connectivity index (χ2v) is 5.16. The van der Waals surface area contributed by atoms with Gasteiger partial charge in [0.2, 0.25) is 5.95 Å². The van der Waals surface area contributed by atoms with E-state index in [4.69, 9.17) is 10.5 Å². The van der Waals surface area contributed by atoms with Crippen LogP contribution >= 0.6 is 0 Å². The van der Waals surface area contributed by atoms with Crippen molar-refractivity contribution in [2.45, 2.75) is 6.36 Å². The Balaban J connectivity index is 1.47. The second-order valence-electron chi connectivity index (χ2n) is 5.16. The first-order valence-corrected chi connectivity index (χ1v) is 7.37. The number of hydrogen-bond donors (Lipinski definition) is 3. The van der Waals surface area contributed by atoms with E-state index in [2.05, 4.69) is 20.0 Å². The van der Waals surface area contributed by atoms with Gasteiger partial charge in [0, 0.05) is 5.69 Å². The summed E-state index contributed by atoms with van der Waals surface area (Å²) in [4.78, 5) is 7.43. The van der Waals surface area contributed by atoms with Crippen molar-refractivity contribution in [1.82, 2.24) is 9.97 Å². The van der Waals surface area contributed by atoms with E-state index in [1.54, 1.807) is 12.1 Å².